The van der Waals surface area contributed by atoms with Gasteiger partial charge in [-0.1, -0.05) is 18.5 Å². The van der Waals surface area contributed by atoms with Crippen LogP contribution in [-0.4, -0.2) is 35.0 Å². The van der Waals surface area contributed by atoms with E-state index < -0.39 is 17.2 Å². The topological polar surface area (TPSA) is 57.6 Å². The van der Waals surface area contributed by atoms with Crippen LogP contribution in [0.1, 0.15) is 30.1 Å². The number of nitrogens with zero attached hydrogens (tertiary/aromatic N) is 1. The second-order valence-corrected chi connectivity index (χ2v) is 5.45. The van der Waals surface area contributed by atoms with Crippen LogP contribution in [-0.2, 0) is 4.79 Å². The van der Waals surface area contributed by atoms with Crippen molar-refractivity contribution in [1.29, 1.82) is 0 Å². The normalized spacial score (nSPS) is 22.1. The van der Waals surface area contributed by atoms with Gasteiger partial charge in [0.1, 0.15) is 5.82 Å². The Balaban J connectivity index is 2.19. The summed E-state index contributed by atoms with van der Waals surface area (Å²) in [6.45, 7) is 2.36. The van der Waals surface area contributed by atoms with Crippen LogP contribution < -0.4 is 0 Å². The van der Waals surface area contributed by atoms with Crippen LogP contribution in [0.3, 0.4) is 0 Å². The van der Waals surface area contributed by atoms with E-state index in [-0.39, 0.29) is 23.0 Å². The first-order chi connectivity index (χ1) is 9.39. The summed E-state index contributed by atoms with van der Waals surface area (Å²) in [6.07, 6.45) is 0.899. The van der Waals surface area contributed by atoms with E-state index in [0.29, 0.717) is 19.4 Å². The van der Waals surface area contributed by atoms with E-state index >= 15 is 0 Å². The summed E-state index contributed by atoms with van der Waals surface area (Å²) >= 11 is 5.66. The first-order valence-electron chi connectivity index (χ1n) is 6.37. The van der Waals surface area contributed by atoms with Gasteiger partial charge in [-0.25, -0.2) is 4.39 Å². The predicted molar refractivity (Wildman–Crippen MR) is 72.3 cm³/mol. The summed E-state index contributed by atoms with van der Waals surface area (Å²) in [7, 11) is 0. The molecule has 1 aliphatic rings. The average molecular weight is 300 g/mol. The van der Waals surface area contributed by atoms with E-state index in [9.17, 15) is 19.1 Å². The lowest BCUT2D eigenvalue weighted by atomic mass is 9.84. The first-order valence-corrected chi connectivity index (χ1v) is 6.75. The quantitative estimate of drug-likeness (QED) is 0.933. The van der Waals surface area contributed by atoms with Crippen LogP contribution in [0.5, 0.6) is 0 Å². The SMILES string of the molecule is CCC1(C(=O)O)CCN(C(=O)c2ccc(F)c(Cl)c2)C1. The van der Waals surface area contributed by atoms with Gasteiger partial charge in [-0.3, -0.25) is 9.59 Å². The number of amides is 1. The lowest BCUT2D eigenvalue weighted by Gasteiger charge is -2.23. The van der Waals surface area contributed by atoms with Crippen molar-refractivity contribution in [1.82, 2.24) is 4.90 Å². The number of halogens is 2. The standard InChI is InChI=1S/C14H15ClFNO3/c1-2-14(13(19)20)5-6-17(8-14)12(18)9-3-4-11(16)10(15)7-9/h3-4,7H,2,5-6,8H2,1H3,(H,19,20). The van der Waals surface area contributed by atoms with Crippen LogP contribution in [0.25, 0.3) is 0 Å². The molecule has 1 amide bonds. The summed E-state index contributed by atoms with van der Waals surface area (Å²) in [5.41, 5.74) is -0.604. The van der Waals surface area contributed by atoms with Crippen LogP contribution in [0.15, 0.2) is 18.2 Å². The third kappa shape index (κ3) is 2.50. The molecule has 1 unspecified atom stereocenters. The van der Waals surface area contributed by atoms with Gasteiger partial charge >= 0.3 is 5.97 Å². The Morgan fingerprint density at radius 2 is 2.20 bits per heavy atom. The van der Waals surface area contributed by atoms with Crippen molar-refractivity contribution in [3.63, 3.8) is 0 Å². The van der Waals surface area contributed by atoms with E-state index in [1.807, 2.05) is 0 Å². The Morgan fingerprint density at radius 1 is 1.50 bits per heavy atom. The molecule has 1 heterocycles. The third-order valence-electron chi connectivity index (χ3n) is 3.94. The molecule has 4 nitrogen and oxygen atoms in total. The molecule has 1 aliphatic heterocycles. The van der Waals surface area contributed by atoms with E-state index in [1.165, 1.54) is 17.0 Å². The van der Waals surface area contributed by atoms with Gasteiger partial charge in [0.25, 0.3) is 5.91 Å². The maximum atomic E-state index is 13.1. The number of carbonyl (C=O) groups is 2. The zero-order valence-electron chi connectivity index (χ0n) is 11.0. The summed E-state index contributed by atoms with van der Waals surface area (Å²) in [4.78, 5) is 25.1. The monoisotopic (exact) mass is 299 g/mol. The Morgan fingerprint density at radius 3 is 2.70 bits per heavy atom. The van der Waals surface area contributed by atoms with Gasteiger partial charge in [0.05, 0.1) is 10.4 Å². The number of aliphatic carboxylic acids is 1. The van der Waals surface area contributed by atoms with Crippen molar-refractivity contribution in [3.8, 4) is 0 Å². The number of rotatable bonds is 3. The Hall–Kier alpha value is -1.62. The molecule has 0 aliphatic carbocycles. The van der Waals surface area contributed by atoms with Crippen molar-refractivity contribution >= 4 is 23.5 Å². The number of carbonyl (C=O) groups excluding carboxylic acids is 1. The molecule has 1 atom stereocenters. The van der Waals surface area contributed by atoms with E-state index in [0.717, 1.165) is 6.07 Å². The fourth-order valence-corrected chi connectivity index (χ4v) is 2.65. The van der Waals surface area contributed by atoms with Crippen LogP contribution in [0, 0.1) is 11.2 Å². The molecule has 2 rings (SSSR count). The number of likely N-dealkylation sites (tertiary alicyclic amines) is 1. The molecule has 1 aromatic rings. The van der Waals surface area contributed by atoms with E-state index in [2.05, 4.69) is 0 Å². The Labute approximate surface area is 121 Å². The molecule has 20 heavy (non-hydrogen) atoms. The summed E-state index contributed by atoms with van der Waals surface area (Å²) in [5.74, 6) is -1.78. The van der Waals surface area contributed by atoms with Crippen LogP contribution in [0.2, 0.25) is 5.02 Å². The molecule has 1 saturated heterocycles. The number of carboxylic acid groups (broad SMARTS) is 1. The predicted octanol–water partition coefficient (Wildman–Crippen LogP) is 2.81. The first kappa shape index (κ1) is 14.8. The molecular weight excluding hydrogens is 285 g/mol. The molecule has 0 aromatic heterocycles. The van der Waals surface area contributed by atoms with Crippen molar-refractivity contribution in [3.05, 3.63) is 34.6 Å². The smallest absolute Gasteiger partial charge is 0.311 e. The molecule has 0 spiro atoms. The average Bonchev–Trinajstić information content (AvgIpc) is 2.87. The van der Waals surface area contributed by atoms with E-state index in [4.69, 9.17) is 11.6 Å². The summed E-state index contributed by atoms with van der Waals surface area (Å²) in [6, 6.07) is 3.76. The zero-order chi connectivity index (χ0) is 14.9. The molecular formula is C14H15ClFNO3. The highest BCUT2D eigenvalue weighted by Gasteiger charge is 2.44. The Kier molecular flexibility index (Phi) is 3.99. The zero-order valence-corrected chi connectivity index (χ0v) is 11.8. The molecule has 0 bridgehead atoms. The molecule has 6 heteroatoms. The maximum Gasteiger partial charge on any atom is 0.311 e. The number of hydrogen-bond acceptors (Lipinski definition) is 2. The lowest BCUT2D eigenvalue weighted by molar-refractivity contribution is -0.148. The largest absolute Gasteiger partial charge is 0.481 e. The van der Waals surface area contributed by atoms with Gasteiger partial charge in [-0.05, 0) is 31.0 Å². The fourth-order valence-electron chi connectivity index (χ4n) is 2.47. The van der Waals surface area contributed by atoms with Gasteiger partial charge < -0.3 is 10.0 Å². The summed E-state index contributed by atoms with van der Waals surface area (Å²) < 4.78 is 13.1. The molecule has 108 valence electrons. The molecule has 0 radical (unpaired) electrons. The molecule has 0 saturated carbocycles. The number of hydrogen-bond donors (Lipinski definition) is 1. The van der Waals surface area contributed by atoms with Gasteiger partial charge in [0.2, 0.25) is 0 Å². The second-order valence-electron chi connectivity index (χ2n) is 5.04. The fraction of sp³-hybridized carbons (Fsp3) is 0.429. The highest BCUT2D eigenvalue weighted by Crippen LogP contribution is 2.35. The minimum Gasteiger partial charge on any atom is -0.481 e. The second kappa shape index (κ2) is 5.40. The van der Waals surface area contributed by atoms with Crippen molar-refractivity contribution in [2.24, 2.45) is 5.41 Å². The van der Waals surface area contributed by atoms with Gasteiger partial charge in [-0.15, -0.1) is 0 Å². The lowest BCUT2D eigenvalue weighted by Crippen LogP contribution is -2.36. The summed E-state index contributed by atoms with van der Waals surface area (Å²) in [5, 5.41) is 9.19. The van der Waals surface area contributed by atoms with E-state index in [1.54, 1.807) is 6.92 Å². The minimum atomic E-state index is -0.882. The highest BCUT2D eigenvalue weighted by atomic mass is 35.5. The van der Waals surface area contributed by atoms with Crippen LogP contribution >= 0.6 is 11.6 Å². The van der Waals surface area contributed by atoms with Crippen molar-refractivity contribution < 1.29 is 19.1 Å². The molecule has 1 N–H and O–H groups in total. The van der Waals surface area contributed by atoms with Crippen LogP contribution in [0.4, 0.5) is 4.39 Å². The number of benzene rings is 1. The Bertz CT molecular complexity index is 563. The van der Waals surface area contributed by atoms with Crippen molar-refractivity contribution in [2.45, 2.75) is 19.8 Å². The third-order valence-corrected chi connectivity index (χ3v) is 4.23. The van der Waals surface area contributed by atoms with Gasteiger partial charge in [-0.2, -0.15) is 0 Å². The number of carboxylic acids is 1. The van der Waals surface area contributed by atoms with Gasteiger partial charge in [0.15, 0.2) is 0 Å². The van der Waals surface area contributed by atoms with Crippen molar-refractivity contribution in [2.75, 3.05) is 13.1 Å². The molecule has 1 fully saturated rings. The maximum absolute atomic E-state index is 13.1. The molecule has 1 aromatic carbocycles. The van der Waals surface area contributed by atoms with Gasteiger partial charge in [0, 0.05) is 18.7 Å². The highest BCUT2D eigenvalue weighted by molar-refractivity contribution is 6.31. The minimum absolute atomic E-state index is 0.116.